The summed E-state index contributed by atoms with van der Waals surface area (Å²) in [6, 6.07) is 0.217. The second kappa shape index (κ2) is 9.52. The van der Waals surface area contributed by atoms with Crippen molar-refractivity contribution in [1.82, 2.24) is 15.8 Å². The van der Waals surface area contributed by atoms with Crippen molar-refractivity contribution in [2.75, 3.05) is 13.7 Å². The molecule has 5 aliphatic rings. The van der Waals surface area contributed by atoms with Gasteiger partial charge in [-0.15, -0.1) is 11.8 Å². The normalized spacial score (nSPS) is 32.0. The lowest BCUT2D eigenvalue weighted by Crippen LogP contribution is -2.58. The van der Waals surface area contributed by atoms with Crippen LogP contribution in [0, 0.1) is 23.2 Å². The molecule has 6 rings (SSSR count). The van der Waals surface area contributed by atoms with E-state index < -0.39 is 11.6 Å². The summed E-state index contributed by atoms with van der Waals surface area (Å²) in [5, 5.41) is 10.7. The van der Waals surface area contributed by atoms with E-state index in [9.17, 15) is 9.59 Å². The molecular formula is C26H39N3O5S. The van der Waals surface area contributed by atoms with Gasteiger partial charge in [-0.25, -0.2) is 4.79 Å². The molecule has 2 atom stereocenters. The Bertz CT molecular complexity index is 941. The first-order chi connectivity index (χ1) is 16.6. The molecule has 1 aromatic rings. The molecule has 2 amide bonds. The van der Waals surface area contributed by atoms with Crippen LogP contribution in [0.2, 0.25) is 0 Å². The number of nitrogens with one attached hydrogen (secondary N) is 2. The Balaban J connectivity index is 1.31. The average molecular weight is 506 g/mol. The van der Waals surface area contributed by atoms with Crippen LogP contribution in [0.5, 0.6) is 5.88 Å². The van der Waals surface area contributed by atoms with Gasteiger partial charge in [0.1, 0.15) is 11.5 Å². The average Bonchev–Trinajstić information content (AvgIpc) is 3.43. The molecule has 0 saturated heterocycles. The maximum absolute atomic E-state index is 13.5. The Morgan fingerprint density at radius 1 is 1.17 bits per heavy atom. The molecule has 1 aromatic heterocycles. The Morgan fingerprint density at radius 3 is 2.49 bits per heavy atom. The lowest BCUT2D eigenvalue weighted by molar-refractivity contribution is -0.0643. The minimum atomic E-state index is -0.680. The fraction of sp³-hybridized carbons (Fsp3) is 0.808. The zero-order valence-corrected chi connectivity index (χ0v) is 22.2. The van der Waals surface area contributed by atoms with Crippen molar-refractivity contribution < 1.29 is 23.6 Å². The Morgan fingerprint density at radius 2 is 1.86 bits per heavy atom. The van der Waals surface area contributed by atoms with E-state index in [0.717, 1.165) is 18.8 Å². The van der Waals surface area contributed by atoms with E-state index in [0.29, 0.717) is 33.3 Å². The highest BCUT2D eigenvalue weighted by Gasteiger charge is 2.53. The fourth-order valence-electron chi connectivity index (χ4n) is 7.28. The van der Waals surface area contributed by atoms with Gasteiger partial charge in [0.25, 0.3) is 11.8 Å². The monoisotopic (exact) mass is 505 g/mol. The van der Waals surface area contributed by atoms with Gasteiger partial charge in [-0.3, -0.25) is 4.79 Å². The summed E-state index contributed by atoms with van der Waals surface area (Å²) < 4.78 is 16.3. The Labute approximate surface area is 212 Å². The maximum Gasteiger partial charge on any atom is 0.407 e. The van der Waals surface area contributed by atoms with E-state index in [1.54, 1.807) is 11.8 Å². The number of nitrogens with zero attached hydrogens (tertiary/aromatic N) is 1. The molecule has 5 saturated carbocycles. The van der Waals surface area contributed by atoms with E-state index in [1.807, 2.05) is 13.8 Å². The van der Waals surface area contributed by atoms with E-state index in [2.05, 4.69) is 22.7 Å². The second-order valence-electron chi connectivity index (χ2n) is 12.2. The van der Waals surface area contributed by atoms with Crippen molar-refractivity contribution in [3.63, 3.8) is 0 Å². The minimum Gasteiger partial charge on any atom is -0.472 e. The Hall–Kier alpha value is -1.90. The van der Waals surface area contributed by atoms with Gasteiger partial charge >= 0.3 is 6.09 Å². The predicted octanol–water partition coefficient (Wildman–Crippen LogP) is 5.17. The molecule has 2 N–H and O–H groups in total. The number of amides is 2. The van der Waals surface area contributed by atoms with Gasteiger partial charge in [0.2, 0.25) is 5.76 Å². The highest BCUT2D eigenvalue weighted by atomic mass is 32.2. The number of carbonyl (C=O) groups excluding carboxylic acids is 2. The third kappa shape index (κ3) is 5.30. The number of thioether (sulfide) groups is 1. The number of rotatable bonds is 8. The molecule has 0 aliphatic heterocycles. The van der Waals surface area contributed by atoms with Gasteiger partial charge in [0.15, 0.2) is 0 Å². The number of aromatic nitrogens is 1. The summed E-state index contributed by atoms with van der Waals surface area (Å²) in [6.45, 7) is 6.28. The first-order valence-corrected chi connectivity index (χ1v) is 14.0. The zero-order valence-electron chi connectivity index (χ0n) is 21.4. The Kier molecular flexibility index (Phi) is 6.74. The first-order valence-electron chi connectivity index (χ1n) is 13.1. The second-order valence-corrected chi connectivity index (χ2v) is 13.5. The summed E-state index contributed by atoms with van der Waals surface area (Å²) in [4.78, 5) is 25.9. The van der Waals surface area contributed by atoms with Gasteiger partial charge in [-0.2, -0.15) is 0 Å². The van der Waals surface area contributed by atoms with Crippen LogP contribution in [0.15, 0.2) is 9.42 Å². The van der Waals surface area contributed by atoms with Crippen LogP contribution in [-0.2, 0) is 4.74 Å². The molecule has 4 bridgehead atoms. The maximum atomic E-state index is 13.5. The van der Waals surface area contributed by atoms with Gasteiger partial charge in [-0.05, 0) is 87.1 Å². The predicted molar refractivity (Wildman–Crippen MR) is 133 cm³/mol. The number of ether oxygens (including phenoxy) is 2. The third-order valence-electron chi connectivity index (χ3n) is 8.49. The first kappa shape index (κ1) is 24.8. The molecule has 194 valence electrons. The standard InChI is InChI=1S/C26H39N3O5S/c1-25(2,28-24(31)32-4)14-33-23-21(35-18-7-5-6-8-18)20(34-29-23)22(30)27-19-16-9-15-10-17(19)13-26(3,11-15)12-16/h15-19H,5-14H2,1-4H3,(H,27,30)(H,28,31)/t15?,16?,17?,19-,26+. The fourth-order valence-corrected chi connectivity index (χ4v) is 8.61. The van der Waals surface area contributed by atoms with Gasteiger partial charge in [0, 0.05) is 11.3 Å². The van der Waals surface area contributed by atoms with Crippen molar-refractivity contribution in [1.29, 1.82) is 0 Å². The summed E-state index contributed by atoms with van der Waals surface area (Å²) >= 11 is 1.64. The molecule has 9 heteroatoms. The van der Waals surface area contributed by atoms with Crippen LogP contribution < -0.4 is 15.4 Å². The molecule has 5 fully saturated rings. The molecule has 0 spiro atoms. The molecule has 2 unspecified atom stereocenters. The highest BCUT2D eigenvalue weighted by molar-refractivity contribution is 8.00. The smallest absolute Gasteiger partial charge is 0.407 e. The van der Waals surface area contributed by atoms with Crippen LogP contribution in [0.3, 0.4) is 0 Å². The van der Waals surface area contributed by atoms with Crippen molar-refractivity contribution in [3.8, 4) is 5.88 Å². The minimum absolute atomic E-state index is 0.167. The molecule has 0 aromatic carbocycles. The number of carbonyl (C=O) groups is 2. The number of hydrogen-bond acceptors (Lipinski definition) is 7. The summed E-state index contributed by atoms with van der Waals surface area (Å²) in [7, 11) is 1.33. The molecule has 5 aliphatic carbocycles. The number of hydrogen-bond donors (Lipinski definition) is 2. The largest absolute Gasteiger partial charge is 0.472 e. The quantitative estimate of drug-likeness (QED) is 0.503. The summed E-state index contributed by atoms with van der Waals surface area (Å²) in [5.41, 5.74) is -0.222. The topological polar surface area (TPSA) is 103 Å². The van der Waals surface area contributed by atoms with Crippen LogP contribution in [0.1, 0.15) is 89.1 Å². The zero-order chi connectivity index (χ0) is 24.8. The third-order valence-corrected chi connectivity index (χ3v) is 9.89. The van der Waals surface area contributed by atoms with Crippen molar-refractivity contribution in [3.05, 3.63) is 5.76 Å². The molecule has 1 heterocycles. The SMILES string of the molecule is COC(=O)NC(C)(C)COc1noc(C(=O)N[C@H]2C3CC4CC2C[C@](C)(C4)C3)c1SC1CCCC1. The molecule has 35 heavy (non-hydrogen) atoms. The highest BCUT2D eigenvalue weighted by Crippen LogP contribution is 2.59. The van der Waals surface area contributed by atoms with Crippen LogP contribution in [0.4, 0.5) is 4.79 Å². The van der Waals surface area contributed by atoms with E-state index >= 15 is 0 Å². The van der Waals surface area contributed by atoms with Crippen molar-refractivity contribution in [2.24, 2.45) is 23.2 Å². The van der Waals surface area contributed by atoms with E-state index in [-0.39, 0.29) is 24.3 Å². The van der Waals surface area contributed by atoms with Gasteiger partial charge in [-0.1, -0.05) is 19.8 Å². The molecular weight excluding hydrogens is 466 g/mol. The van der Waals surface area contributed by atoms with Crippen molar-refractivity contribution >= 4 is 23.8 Å². The number of methoxy groups -OCH3 is 1. The number of alkyl carbamates (subject to hydrolysis) is 1. The molecule has 8 nitrogen and oxygen atoms in total. The van der Waals surface area contributed by atoms with Crippen LogP contribution in [0.25, 0.3) is 0 Å². The summed E-state index contributed by atoms with van der Waals surface area (Å²) in [5.74, 6) is 2.35. The van der Waals surface area contributed by atoms with E-state index in [1.165, 1.54) is 52.1 Å². The van der Waals surface area contributed by atoms with Gasteiger partial charge < -0.3 is 24.6 Å². The van der Waals surface area contributed by atoms with Crippen LogP contribution >= 0.6 is 11.8 Å². The lowest BCUT2D eigenvalue weighted by Gasteiger charge is -2.59. The van der Waals surface area contributed by atoms with E-state index in [4.69, 9.17) is 14.0 Å². The lowest BCUT2D eigenvalue weighted by atomic mass is 9.48. The van der Waals surface area contributed by atoms with Crippen molar-refractivity contribution in [2.45, 2.75) is 100 Å². The van der Waals surface area contributed by atoms with Gasteiger partial charge in [0.05, 0.1) is 12.6 Å². The summed E-state index contributed by atoms with van der Waals surface area (Å²) in [6.07, 6.45) is 10.3. The van der Waals surface area contributed by atoms with Crippen LogP contribution in [-0.4, -0.2) is 47.7 Å². The molecule has 0 radical (unpaired) electrons.